The van der Waals surface area contributed by atoms with Crippen LogP contribution >= 0.6 is 11.3 Å². The summed E-state index contributed by atoms with van der Waals surface area (Å²) in [5.41, 5.74) is 7.52. The van der Waals surface area contributed by atoms with Crippen molar-refractivity contribution in [3.05, 3.63) is 40.5 Å². The third-order valence-electron chi connectivity index (χ3n) is 4.69. The molecule has 0 radical (unpaired) electrons. The zero-order valence-corrected chi connectivity index (χ0v) is 17.6. The van der Waals surface area contributed by atoms with Crippen molar-refractivity contribution in [1.29, 1.82) is 0 Å². The third kappa shape index (κ3) is 4.70. The first-order valence-electron chi connectivity index (χ1n) is 9.49. The highest BCUT2D eigenvalue weighted by Gasteiger charge is 2.30. The van der Waals surface area contributed by atoms with E-state index in [0.717, 1.165) is 33.9 Å². The molecule has 150 valence electrons. The summed E-state index contributed by atoms with van der Waals surface area (Å²) >= 11 is 1.53. The van der Waals surface area contributed by atoms with Gasteiger partial charge < -0.3 is 15.4 Å². The lowest BCUT2D eigenvalue weighted by Crippen LogP contribution is -2.41. The standard InChI is InChI=1S/C21H27N3O3S/c1-13-5-7-14(8-6-13)17-16(18(22)25)23-19(28-17)15-9-11-24(12-10-15)20(26)27-21(2,3)4/h5-8,15H,9-12H2,1-4H3,(H2,22,25). The van der Waals surface area contributed by atoms with Crippen LogP contribution in [0.15, 0.2) is 24.3 Å². The van der Waals surface area contributed by atoms with E-state index in [9.17, 15) is 9.59 Å². The number of likely N-dealkylation sites (tertiary alicyclic amines) is 1. The number of hydrogen-bond acceptors (Lipinski definition) is 5. The number of ether oxygens (including phenoxy) is 1. The largest absolute Gasteiger partial charge is 0.444 e. The molecule has 0 unspecified atom stereocenters. The predicted octanol–water partition coefficient (Wildman–Crippen LogP) is 4.33. The molecule has 0 aliphatic carbocycles. The maximum atomic E-state index is 12.2. The number of aryl methyl sites for hydroxylation is 1. The van der Waals surface area contributed by atoms with Gasteiger partial charge in [0.2, 0.25) is 0 Å². The Bertz CT molecular complexity index is 860. The predicted molar refractivity (Wildman–Crippen MR) is 111 cm³/mol. The molecule has 0 bridgehead atoms. The summed E-state index contributed by atoms with van der Waals surface area (Å²) in [4.78, 5) is 31.3. The lowest BCUT2D eigenvalue weighted by atomic mass is 9.98. The summed E-state index contributed by atoms with van der Waals surface area (Å²) in [6.45, 7) is 8.85. The number of carbonyl (C=O) groups is 2. The zero-order valence-electron chi connectivity index (χ0n) is 16.8. The molecule has 2 N–H and O–H groups in total. The monoisotopic (exact) mass is 401 g/mol. The van der Waals surface area contributed by atoms with E-state index in [1.165, 1.54) is 11.3 Å². The number of rotatable bonds is 3. The van der Waals surface area contributed by atoms with Crippen molar-refractivity contribution in [3.63, 3.8) is 0 Å². The molecule has 1 aliphatic heterocycles. The van der Waals surface area contributed by atoms with Crippen LogP contribution in [0.1, 0.15) is 60.6 Å². The van der Waals surface area contributed by atoms with Crippen LogP contribution in [-0.2, 0) is 4.74 Å². The molecule has 1 aromatic carbocycles. The number of nitrogens with two attached hydrogens (primary N) is 1. The van der Waals surface area contributed by atoms with Crippen molar-refractivity contribution >= 4 is 23.3 Å². The number of carbonyl (C=O) groups excluding carboxylic acids is 2. The SMILES string of the molecule is Cc1ccc(-c2sc(C3CCN(C(=O)OC(C)(C)C)CC3)nc2C(N)=O)cc1. The van der Waals surface area contributed by atoms with E-state index in [0.29, 0.717) is 18.8 Å². The highest BCUT2D eigenvalue weighted by molar-refractivity contribution is 7.15. The Morgan fingerprint density at radius 2 is 1.79 bits per heavy atom. The first-order chi connectivity index (χ1) is 13.1. The number of nitrogens with zero attached hydrogens (tertiary/aromatic N) is 2. The molecule has 1 aromatic heterocycles. The summed E-state index contributed by atoms with van der Waals surface area (Å²) in [6.07, 6.45) is 1.31. The Hall–Kier alpha value is -2.41. The van der Waals surface area contributed by atoms with Crippen LogP contribution in [-0.4, -0.2) is 40.6 Å². The number of thiazole rings is 1. The van der Waals surface area contributed by atoms with E-state index in [-0.39, 0.29) is 12.0 Å². The average molecular weight is 402 g/mol. The first kappa shape index (κ1) is 20.3. The zero-order chi connectivity index (χ0) is 20.5. The van der Waals surface area contributed by atoms with Gasteiger partial charge in [0.05, 0.1) is 9.88 Å². The molecule has 0 saturated carbocycles. The van der Waals surface area contributed by atoms with Crippen LogP contribution in [0.2, 0.25) is 0 Å². The van der Waals surface area contributed by atoms with Gasteiger partial charge in [0.15, 0.2) is 0 Å². The van der Waals surface area contributed by atoms with Crippen LogP contribution in [0.3, 0.4) is 0 Å². The molecule has 3 rings (SSSR count). The Kier molecular flexibility index (Phi) is 5.74. The quantitative estimate of drug-likeness (QED) is 0.829. The van der Waals surface area contributed by atoms with Crippen molar-refractivity contribution in [3.8, 4) is 10.4 Å². The summed E-state index contributed by atoms with van der Waals surface area (Å²) in [5.74, 6) is -0.301. The van der Waals surface area contributed by atoms with E-state index in [1.54, 1.807) is 4.90 Å². The fourth-order valence-electron chi connectivity index (χ4n) is 3.21. The van der Waals surface area contributed by atoms with Gasteiger partial charge in [0, 0.05) is 19.0 Å². The van der Waals surface area contributed by atoms with Crippen LogP contribution < -0.4 is 5.73 Å². The molecule has 1 aliphatic rings. The third-order valence-corrected chi connectivity index (χ3v) is 5.95. The number of benzene rings is 1. The highest BCUT2D eigenvalue weighted by atomic mass is 32.1. The van der Waals surface area contributed by atoms with Gasteiger partial charge in [-0.2, -0.15) is 0 Å². The lowest BCUT2D eigenvalue weighted by molar-refractivity contribution is 0.0205. The number of hydrogen-bond donors (Lipinski definition) is 1. The Morgan fingerprint density at radius 1 is 1.18 bits per heavy atom. The van der Waals surface area contributed by atoms with E-state index in [2.05, 4.69) is 4.98 Å². The van der Waals surface area contributed by atoms with Gasteiger partial charge in [0.1, 0.15) is 11.3 Å². The molecule has 2 heterocycles. The van der Waals surface area contributed by atoms with Crippen molar-refractivity contribution in [2.24, 2.45) is 5.73 Å². The number of aromatic nitrogens is 1. The topological polar surface area (TPSA) is 85.5 Å². The van der Waals surface area contributed by atoms with Crippen LogP contribution in [0.5, 0.6) is 0 Å². The molecule has 2 amide bonds. The van der Waals surface area contributed by atoms with E-state index in [1.807, 2.05) is 52.0 Å². The average Bonchev–Trinajstić information content (AvgIpc) is 3.07. The summed E-state index contributed by atoms with van der Waals surface area (Å²) < 4.78 is 5.45. The molecule has 2 aromatic rings. The minimum atomic E-state index is -0.510. The van der Waals surface area contributed by atoms with Gasteiger partial charge in [-0.3, -0.25) is 4.79 Å². The van der Waals surface area contributed by atoms with Crippen LogP contribution in [0.4, 0.5) is 4.79 Å². The highest BCUT2D eigenvalue weighted by Crippen LogP contribution is 2.37. The molecule has 7 heteroatoms. The molecule has 1 saturated heterocycles. The second-order valence-electron chi connectivity index (χ2n) is 8.20. The minimum absolute atomic E-state index is 0.209. The second kappa shape index (κ2) is 7.91. The van der Waals surface area contributed by atoms with Gasteiger partial charge >= 0.3 is 6.09 Å². The van der Waals surface area contributed by atoms with Gasteiger partial charge in [0.25, 0.3) is 5.91 Å². The maximum absolute atomic E-state index is 12.2. The van der Waals surface area contributed by atoms with Crippen LogP contribution in [0.25, 0.3) is 10.4 Å². The van der Waals surface area contributed by atoms with Crippen molar-refractivity contribution in [2.45, 2.75) is 52.1 Å². The van der Waals surface area contributed by atoms with Gasteiger partial charge in [-0.25, -0.2) is 9.78 Å². The molecular formula is C21H27N3O3S. The molecular weight excluding hydrogens is 374 g/mol. The van der Waals surface area contributed by atoms with Crippen molar-refractivity contribution in [1.82, 2.24) is 9.88 Å². The minimum Gasteiger partial charge on any atom is -0.444 e. The van der Waals surface area contributed by atoms with Gasteiger partial charge in [-0.05, 0) is 46.1 Å². The molecule has 0 atom stereocenters. The summed E-state index contributed by atoms with van der Waals surface area (Å²) in [7, 11) is 0. The second-order valence-corrected chi connectivity index (χ2v) is 9.23. The Labute approximate surface area is 169 Å². The first-order valence-corrected chi connectivity index (χ1v) is 10.3. The number of amides is 2. The maximum Gasteiger partial charge on any atom is 0.410 e. The fourth-order valence-corrected chi connectivity index (χ4v) is 4.46. The van der Waals surface area contributed by atoms with E-state index in [4.69, 9.17) is 10.5 Å². The molecule has 0 spiro atoms. The summed E-state index contributed by atoms with van der Waals surface area (Å²) in [5, 5.41) is 0.910. The van der Waals surface area contributed by atoms with Crippen molar-refractivity contribution < 1.29 is 14.3 Å². The van der Waals surface area contributed by atoms with E-state index < -0.39 is 11.5 Å². The Balaban J connectivity index is 1.75. The molecule has 1 fully saturated rings. The van der Waals surface area contributed by atoms with Crippen molar-refractivity contribution in [2.75, 3.05) is 13.1 Å². The molecule has 6 nitrogen and oxygen atoms in total. The van der Waals surface area contributed by atoms with Crippen LogP contribution in [0, 0.1) is 6.92 Å². The number of piperidine rings is 1. The van der Waals surface area contributed by atoms with E-state index >= 15 is 0 Å². The lowest BCUT2D eigenvalue weighted by Gasteiger charge is -2.32. The van der Waals surface area contributed by atoms with Gasteiger partial charge in [-0.15, -0.1) is 11.3 Å². The smallest absolute Gasteiger partial charge is 0.410 e. The summed E-state index contributed by atoms with van der Waals surface area (Å²) in [6, 6.07) is 8.01. The normalized spacial score (nSPS) is 15.5. The number of primary amides is 1. The fraction of sp³-hybridized carbons (Fsp3) is 0.476. The van der Waals surface area contributed by atoms with Gasteiger partial charge in [-0.1, -0.05) is 29.8 Å². The molecule has 28 heavy (non-hydrogen) atoms. The Morgan fingerprint density at radius 3 is 2.32 bits per heavy atom.